The third-order valence-electron chi connectivity index (χ3n) is 2.91. The van der Waals surface area contributed by atoms with E-state index in [1.165, 1.54) is 12.1 Å². The normalized spacial score (nSPS) is 11.3. The zero-order valence-corrected chi connectivity index (χ0v) is 12.9. The van der Waals surface area contributed by atoms with Crippen molar-refractivity contribution in [1.82, 2.24) is 0 Å². The van der Waals surface area contributed by atoms with Gasteiger partial charge >= 0.3 is 0 Å². The molecule has 0 fully saturated rings. The zero-order valence-electron chi connectivity index (χ0n) is 11.3. The summed E-state index contributed by atoms with van der Waals surface area (Å²) in [5, 5.41) is 0.396. The van der Waals surface area contributed by atoms with Crippen molar-refractivity contribution in [1.29, 1.82) is 0 Å². The average molecular weight is 326 g/mol. The van der Waals surface area contributed by atoms with Crippen molar-refractivity contribution in [3.63, 3.8) is 0 Å². The summed E-state index contributed by atoms with van der Waals surface area (Å²) in [5.74, 6) is 0.499. The first-order valence-electron chi connectivity index (χ1n) is 6.41. The van der Waals surface area contributed by atoms with Crippen LogP contribution in [-0.4, -0.2) is 20.8 Å². The zero-order chi connectivity index (χ0) is 15.3. The van der Waals surface area contributed by atoms with Crippen LogP contribution in [0.25, 0.3) is 0 Å². The Morgan fingerprint density at radius 1 is 1.10 bits per heavy atom. The SMILES string of the molecule is NCc1cccc(OCCS(=O)(=O)c2cccc(Cl)c2)c1. The van der Waals surface area contributed by atoms with Gasteiger partial charge in [0.15, 0.2) is 9.84 Å². The smallest absolute Gasteiger partial charge is 0.181 e. The van der Waals surface area contributed by atoms with Crippen molar-refractivity contribution in [3.8, 4) is 5.75 Å². The summed E-state index contributed by atoms with van der Waals surface area (Å²) in [7, 11) is -3.40. The molecule has 0 saturated carbocycles. The van der Waals surface area contributed by atoms with E-state index >= 15 is 0 Å². The fraction of sp³-hybridized carbons (Fsp3) is 0.200. The number of halogens is 1. The highest BCUT2D eigenvalue weighted by Gasteiger charge is 2.14. The molecule has 21 heavy (non-hydrogen) atoms. The standard InChI is InChI=1S/C15H16ClNO3S/c16-13-4-2-6-15(10-13)21(18,19)8-7-20-14-5-1-3-12(9-14)11-17/h1-6,9-10H,7-8,11,17H2. The molecule has 0 heterocycles. The van der Waals surface area contributed by atoms with Crippen LogP contribution in [0.5, 0.6) is 5.75 Å². The molecule has 4 nitrogen and oxygen atoms in total. The lowest BCUT2D eigenvalue weighted by atomic mass is 10.2. The van der Waals surface area contributed by atoms with Crippen LogP contribution >= 0.6 is 11.6 Å². The summed E-state index contributed by atoms with van der Waals surface area (Å²) in [6.07, 6.45) is 0. The van der Waals surface area contributed by atoms with Crippen molar-refractivity contribution >= 4 is 21.4 Å². The fourth-order valence-electron chi connectivity index (χ4n) is 1.81. The highest BCUT2D eigenvalue weighted by atomic mass is 35.5. The Balaban J connectivity index is 1.99. The number of ether oxygens (including phenoxy) is 1. The predicted molar refractivity (Wildman–Crippen MR) is 83.3 cm³/mol. The Kier molecular flexibility index (Phi) is 5.22. The first kappa shape index (κ1) is 15.8. The number of hydrogen-bond acceptors (Lipinski definition) is 4. The molecule has 0 aliphatic carbocycles. The first-order valence-corrected chi connectivity index (χ1v) is 8.44. The summed E-state index contributed by atoms with van der Waals surface area (Å²) >= 11 is 5.81. The fourth-order valence-corrected chi connectivity index (χ4v) is 3.20. The van der Waals surface area contributed by atoms with E-state index in [4.69, 9.17) is 22.1 Å². The molecular formula is C15H16ClNO3S. The maximum atomic E-state index is 12.1. The number of hydrogen-bond donors (Lipinski definition) is 1. The van der Waals surface area contributed by atoms with E-state index in [2.05, 4.69) is 0 Å². The van der Waals surface area contributed by atoms with Gasteiger partial charge in [0.1, 0.15) is 12.4 Å². The molecule has 0 bridgehead atoms. The Hall–Kier alpha value is -1.56. The largest absolute Gasteiger partial charge is 0.493 e. The molecule has 112 valence electrons. The number of sulfone groups is 1. The van der Waals surface area contributed by atoms with Gasteiger partial charge in [-0.25, -0.2) is 8.42 Å². The van der Waals surface area contributed by atoms with Crippen LogP contribution in [0.4, 0.5) is 0 Å². The van der Waals surface area contributed by atoms with Crippen LogP contribution in [-0.2, 0) is 16.4 Å². The average Bonchev–Trinajstić information content (AvgIpc) is 2.47. The summed E-state index contributed by atoms with van der Waals surface area (Å²) in [5.41, 5.74) is 6.48. The summed E-state index contributed by atoms with van der Waals surface area (Å²) in [6, 6.07) is 13.5. The summed E-state index contributed by atoms with van der Waals surface area (Å²) in [6.45, 7) is 0.487. The monoisotopic (exact) mass is 325 g/mol. The van der Waals surface area contributed by atoms with E-state index in [1.807, 2.05) is 12.1 Å². The second-order valence-corrected chi connectivity index (χ2v) is 7.02. The van der Waals surface area contributed by atoms with Crippen LogP contribution < -0.4 is 10.5 Å². The third kappa shape index (κ3) is 4.46. The molecule has 0 amide bonds. The number of benzene rings is 2. The van der Waals surface area contributed by atoms with Crippen molar-refractivity contribution in [3.05, 3.63) is 59.1 Å². The Bertz CT molecular complexity index is 716. The van der Waals surface area contributed by atoms with Crippen LogP contribution in [0.3, 0.4) is 0 Å². The van der Waals surface area contributed by atoms with E-state index < -0.39 is 9.84 Å². The van der Waals surface area contributed by atoms with Crippen LogP contribution in [0, 0.1) is 0 Å². The lowest BCUT2D eigenvalue weighted by molar-refractivity contribution is 0.340. The first-order chi connectivity index (χ1) is 10.0. The van der Waals surface area contributed by atoms with E-state index in [9.17, 15) is 8.42 Å². The molecule has 6 heteroatoms. The topological polar surface area (TPSA) is 69.4 Å². The molecule has 0 saturated heterocycles. The lowest BCUT2D eigenvalue weighted by Crippen LogP contribution is -2.14. The molecule has 0 aromatic heterocycles. The van der Waals surface area contributed by atoms with Crippen LogP contribution in [0.1, 0.15) is 5.56 Å². The molecule has 0 spiro atoms. The quantitative estimate of drug-likeness (QED) is 0.886. The molecule has 2 aromatic rings. The van der Waals surface area contributed by atoms with Gasteiger partial charge in [-0.1, -0.05) is 29.8 Å². The Morgan fingerprint density at radius 3 is 2.57 bits per heavy atom. The van der Waals surface area contributed by atoms with E-state index in [0.29, 0.717) is 17.3 Å². The molecule has 0 aliphatic rings. The third-order valence-corrected chi connectivity index (χ3v) is 4.82. The van der Waals surface area contributed by atoms with E-state index in [-0.39, 0.29) is 17.3 Å². The lowest BCUT2D eigenvalue weighted by Gasteiger charge is -2.08. The van der Waals surface area contributed by atoms with Gasteiger partial charge in [0.2, 0.25) is 0 Å². The second kappa shape index (κ2) is 6.93. The van der Waals surface area contributed by atoms with Gasteiger partial charge in [-0.05, 0) is 35.9 Å². The van der Waals surface area contributed by atoms with Gasteiger partial charge in [-0.15, -0.1) is 0 Å². The predicted octanol–water partition coefficient (Wildman–Crippen LogP) is 2.65. The minimum Gasteiger partial charge on any atom is -0.493 e. The maximum Gasteiger partial charge on any atom is 0.181 e. The van der Waals surface area contributed by atoms with Crippen molar-refractivity contribution < 1.29 is 13.2 Å². The summed E-state index contributed by atoms with van der Waals surface area (Å²) < 4.78 is 29.7. The Labute approximate surface area is 129 Å². The second-order valence-electron chi connectivity index (χ2n) is 4.48. The Morgan fingerprint density at radius 2 is 1.86 bits per heavy atom. The molecule has 2 N–H and O–H groups in total. The minimum atomic E-state index is -3.40. The maximum absolute atomic E-state index is 12.1. The van der Waals surface area contributed by atoms with Crippen molar-refractivity contribution in [2.75, 3.05) is 12.4 Å². The summed E-state index contributed by atoms with van der Waals surface area (Å²) in [4.78, 5) is 0.203. The molecular weight excluding hydrogens is 310 g/mol. The highest BCUT2D eigenvalue weighted by Crippen LogP contribution is 2.17. The van der Waals surface area contributed by atoms with Gasteiger partial charge in [-0.3, -0.25) is 0 Å². The molecule has 0 unspecified atom stereocenters. The van der Waals surface area contributed by atoms with Gasteiger partial charge in [0.25, 0.3) is 0 Å². The van der Waals surface area contributed by atoms with Gasteiger partial charge < -0.3 is 10.5 Å². The number of nitrogens with two attached hydrogens (primary N) is 1. The van der Waals surface area contributed by atoms with Gasteiger partial charge in [-0.2, -0.15) is 0 Å². The van der Waals surface area contributed by atoms with Crippen LogP contribution in [0.2, 0.25) is 5.02 Å². The molecule has 0 atom stereocenters. The van der Waals surface area contributed by atoms with Crippen molar-refractivity contribution in [2.45, 2.75) is 11.4 Å². The number of rotatable bonds is 6. The van der Waals surface area contributed by atoms with Crippen LogP contribution in [0.15, 0.2) is 53.4 Å². The minimum absolute atomic E-state index is 0.0723. The van der Waals surface area contributed by atoms with E-state index in [1.54, 1.807) is 24.3 Å². The van der Waals surface area contributed by atoms with Crippen molar-refractivity contribution in [2.24, 2.45) is 5.73 Å². The highest BCUT2D eigenvalue weighted by molar-refractivity contribution is 7.91. The molecule has 2 aromatic carbocycles. The molecule has 2 rings (SSSR count). The molecule has 0 radical (unpaired) electrons. The van der Waals surface area contributed by atoms with Gasteiger partial charge in [0.05, 0.1) is 10.6 Å². The van der Waals surface area contributed by atoms with E-state index in [0.717, 1.165) is 5.56 Å². The molecule has 0 aliphatic heterocycles. The van der Waals surface area contributed by atoms with Gasteiger partial charge in [0, 0.05) is 11.6 Å².